The fraction of sp³-hybridized carbons (Fsp3) is 0.231. The van der Waals surface area contributed by atoms with E-state index in [9.17, 15) is 14.7 Å². The minimum atomic E-state index is -0.779. The summed E-state index contributed by atoms with van der Waals surface area (Å²) in [7, 11) is 0. The summed E-state index contributed by atoms with van der Waals surface area (Å²) in [6.45, 7) is 3.39. The van der Waals surface area contributed by atoms with Crippen LogP contribution in [-0.4, -0.2) is 17.2 Å². The van der Waals surface area contributed by atoms with Crippen molar-refractivity contribution in [3.8, 4) is 5.75 Å². The van der Waals surface area contributed by atoms with Crippen molar-refractivity contribution in [2.75, 3.05) is 0 Å². The van der Waals surface area contributed by atoms with Gasteiger partial charge in [-0.2, -0.15) is 0 Å². The first-order valence-electron chi connectivity index (χ1n) is 5.45. The number of phenolic OH excluding ortho intramolecular Hbond substituents is 1. The van der Waals surface area contributed by atoms with Crippen LogP contribution >= 0.6 is 0 Å². The van der Waals surface area contributed by atoms with E-state index in [-0.39, 0.29) is 23.0 Å². The number of esters is 1. The molecule has 0 unspecified atom stereocenters. The third-order valence-electron chi connectivity index (χ3n) is 2.28. The average Bonchev–Trinajstić information content (AvgIpc) is 2.26. The fourth-order valence-electron chi connectivity index (χ4n) is 1.52. The minimum Gasteiger partial charge on any atom is -0.508 e. The smallest absolute Gasteiger partial charge is 0.351 e. The number of aromatic hydroxyl groups is 1. The van der Waals surface area contributed by atoms with Crippen LogP contribution in [0.2, 0.25) is 0 Å². The number of ether oxygens (including phenoxy) is 1. The Balaban J connectivity index is 2.53. The van der Waals surface area contributed by atoms with Crippen LogP contribution in [0, 0.1) is 0 Å². The molecule has 94 valence electrons. The van der Waals surface area contributed by atoms with Gasteiger partial charge in [0.2, 0.25) is 0 Å². The molecule has 2 rings (SSSR count). The summed E-state index contributed by atoms with van der Waals surface area (Å²) in [6, 6.07) is 5.71. The molecule has 0 spiro atoms. The lowest BCUT2D eigenvalue weighted by molar-refractivity contribution is 0.0373. The highest BCUT2D eigenvalue weighted by Gasteiger charge is 2.16. The van der Waals surface area contributed by atoms with E-state index in [0.717, 1.165) is 0 Å². The molecule has 0 amide bonds. The van der Waals surface area contributed by atoms with Gasteiger partial charge in [-0.25, -0.2) is 9.59 Å². The molecule has 0 radical (unpaired) electrons. The molecule has 0 atom stereocenters. The van der Waals surface area contributed by atoms with E-state index in [0.29, 0.717) is 5.39 Å². The molecule has 0 saturated carbocycles. The van der Waals surface area contributed by atoms with Crippen molar-refractivity contribution in [3.63, 3.8) is 0 Å². The second-order valence-electron chi connectivity index (χ2n) is 4.12. The standard InChI is InChI=1S/C13H12O5/c1-7(2)17-12(15)10-5-8-3-4-9(14)6-11(8)18-13(10)16/h3-7,14H,1-2H3. The van der Waals surface area contributed by atoms with E-state index in [1.165, 1.54) is 18.2 Å². The van der Waals surface area contributed by atoms with Gasteiger partial charge in [-0.3, -0.25) is 0 Å². The van der Waals surface area contributed by atoms with Crippen LogP contribution in [0.15, 0.2) is 33.5 Å². The normalized spacial score (nSPS) is 10.8. The van der Waals surface area contributed by atoms with Crippen molar-refractivity contribution in [1.82, 2.24) is 0 Å². The third kappa shape index (κ3) is 2.34. The Labute approximate surface area is 103 Å². The molecule has 0 aliphatic carbocycles. The summed E-state index contributed by atoms with van der Waals surface area (Å²) in [5, 5.41) is 9.81. The molecule has 0 aliphatic heterocycles. The Kier molecular flexibility index (Phi) is 3.06. The van der Waals surface area contributed by atoms with Gasteiger partial charge in [0, 0.05) is 11.5 Å². The zero-order valence-electron chi connectivity index (χ0n) is 9.97. The maximum Gasteiger partial charge on any atom is 0.351 e. The number of hydrogen-bond acceptors (Lipinski definition) is 5. The van der Waals surface area contributed by atoms with Gasteiger partial charge < -0.3 is 14.3 Å². The number of benzene rings is 1. The first-order chi connectivity index (χ1) is 8.47. The molecule has 5 nitrogen and oxygen atoms in total. The lowest BCUT2D eigenvalue weighted by atomic mass is 10.2. The van der Waals surface area contributed by atoms with Crippen LogP contribution in [0.4, 0.5) is 0 Å². The Morgan fingerprint density at radius 3 is 2.72 bits per heavy atom. The quantitative estimate of drug-likeness (QED) is 0.650. The lowest BCUT2D eigenvalue weighted by Gasteiger charge is -2.07. The number of fused-ring (bicyclic) bond motifs is 1. The largest absolute Gasteiger partial charge is 0.508 e. The van der Waals surface area contributed by atoms with Crippen molar-refractivity contribution >= 4 is 16.9 Å². The summed E-state index contributed by atoms with van der Waals surface area (Å²) in [6.07, 6.45) is -0.313. The molecule has 1 heterocycles. The number of carbonyl (C=O) groups excluding carboxylic acids is 1. The topological polar surface area (TPSA) is 76.7 Å². The first kappa shape index (κ1) is 12.2. The number of rotatable bonds is 2. The monoisotopic (exact) mass is 248 g/mol. The highest BCUT2D eigenvalue weighted by molar-refractivity contribution is 5.93. The molecular weight excluding hydrogens is 236 g/mol. The predicted molar refractivity (Wildman–Crippen MR) is 64.7 cm³/mol. The average molecular weight is 248 g/mol. The molecular formula is C13H12O5. The first-order valence-corrected chi connectivity index (χ1v) is 5.45. The summed E-state index contributed by atoms with van der Waals surface area (Å²) < 4.78 is 9.90. The van der Waals surface area contributed by atoms with E-state index >= 15 is 0 Å². The molecule has 1 N–H and O–H groups in total. The van der Waals surface area contributed by atoms with Crippen molar-refractivity contribution < 1.29 is 19.1 Å². The number of phenols is 1. The summed E-state index contributed by atoms with van der Waals surface area (Å²) in [4.78, 5) is 23.3. The molecule has 5 heteroatoms. The van der Waals surface area contributed by atoms with Gasteiger partial charge in [-0.1, -0.05) is 0 Å². The van der Waals surface area contributed by atoms with Gasteiger partial charge >= 0.3 is 11.6 Å². The molecule has 2 aromatic rings. The van der Waals surface area contributed by atoms with Crippen LogP contribution < -0.4 is 5.63 Å². The molecule has 0 saturated heterocycles. The molecule has 18 heavy (non-hydrogen) atoms. The molecule has 0 fully saturated rings. The molecule has 1 aromatic carbocycles. The fourth-order valence-corrected chi connectivity index (χ4v) is 1.52. The predicted octanol–water partition coefficient (Wildman–Crippen LogP) is 2.06. The van der Waals surface area contributed by atoms with Gasteiger partial charge in [0.1, 0.15) is 16.9 Å². The number of carbonyl (C=O) groups is 1. The molecule has 1 aromatic heterocycles. The van der Waals surface area contributed by atoms with E-state index in [4.69, 9.17) is 9.15 Å². The third-order valence-corrected chi connectivity index (χ3v) is 2.28. The summed E-state index contributed by atoms with van der Waals surface area (Å²) in [5.74, 6) is -0.725. The van der Waals surface area contributed by atoms with Crippen LogP contribution in [0.1, 0.15) is 24.2 Å². The Bertz CT molecular complexity index is 654. The zero-order valence-corrected chi connectivity index (χ0v) is 9.97. The maximum absolute atomic E-state index is 11.7. The Morgan fingerprint density at radius 1 is 1.33 bits per heavy atom. The van der Waals surface area contributed by atoms with Gasteiger partial charge in [0.25, 0.3) is 0 Å². The Hall–Kier alpha value is -2.30. The highest BCUT2D eigenvalue weighted by atomic mass is 16.5. The van der Waals surface area contributed by atoms with Crippen molar-refractivity contribution in [1.29, 1.82) is 0 Å². The van der Waals surface area contributed by atoms with Crippen LogP contribution in [-0.2, 0) is 4.74 Å². The van der Waals surface area contributed by atoms with Gasteiger partial charge in [0.05, 0.1) is 6.10 Å². The second kappa shape index (κ2) is 4.52. The lowest BCUT2D eigenvalue weighted by Crippen LogP contribution is -2.19. The van der Waals surface area contributed by atoms with Crippen molar-refractivity contribution in [2.24, 2.45) is 0 Å². The molecule has 0 bridgehead atoms. The van der Waals surface area contributed by atoms with E-state index in [1.807, 2.05) is 0 Å². The van der Waals surface area contributed by atoms with Crippen LogP contribution in [0.25, 0.3) is 11.0 Å². The van der Waals surface area contributed by atoms with E-state index in [1.54, 1.807) is 19.9 Å². The number of hydrogen-bond donors (Lipinski definition) is 1. The Morgan fingerprint density at radius 2 is 2.06 bits per heavy atom. The maximum atomic E-state index is 11.7. The summed E-state index contributed by atoms with van der Waals surface area (Å²) >= 11 is 0. The highest BCUT2D eigenvalue weighted by Crippen LogP contribution is 2.19. The second-order valence-corrected chi connectivity index (χ2v) is 4.12. The van der Waals surface area contributed by atoms with Gasteiger partial charge in [0.15, 0.2) is 0 Å². The van der Waals surface area contributed by atoms with E-state index in [2.05, 4.69) is 0 Å². The van der Waals surface area contributed by atoms with Crippen molar-refractivity contribution in [3.05, 3.63) is 40.2 Å². The zero-order chi connectivity index (χ0) is 13.3. The van der Waals surface area contributed by atoms with Crippen LogP contribution in [0.3, 0.4) is 0 Å². The van der Waals surface area contributed by atoms with Gasteiger partial charge in [-0.15, -0.1) is 0 Å². The summed E-state index contributed by atoms with van der Waals surface area (Å²) in [5.41, 5.74) is -0.707. The van der Waals surface area contributed by atoms with Crippen molar-refractivity contribution in [2.45, 2.75) is 20.0 Å². The van der Waals surface area contributed by atoms with E-state index < -0.39 is 11.6 Å². The van der Waals surface area contributed by atoms with Crippen LogP contribution in [0.5, 0.6) is 5.75 Å². The molecule has 0 aliphatic rings. The van der Waals surface area contributed by atoms with Gasteiger partial charge in [-0.05, 0) is 32.0 Å². The minimum absolute atomic E-state index is 0.0110. The SMILES string of the molecule is CC(C)OC(=O)c1cc2ccc(O)cc2oc1=O.